The van der Waals surface area contributed by atoms with E-state index in [0.717, 1.165) is 25.1 Å². The Morgan fingerprint density at radius 2 is 1.83 bits per heavy atom. The minimum atomic E-state index is -0.632. The molecule has 0 aromatic carbocycles. The molecule has 2 aromatic heterocycles. The van der Waals surface area contributed by atoms with Crippen LogP contribution in [0.1, 0.15) is 58.7 Å². The van der Waals surface area contributed by atoms with Gasteiger partial charge in [0.1, 0.15) is 11.3 Å². The summed E-state index contributed by atoms with van der Waals surface area (Å²) < 4.78 is 1.51. The van der Waals surface area contributed by atoms with Crippen LogP contribution in [0.25, 0.3) is 11.2 Å². The van der Waals surface area contributed by atoms with E-state index in [1.807, 2.05) is 13.8 Å². The van der Waals surface area contributed by atoms with Crippen molar-refractivity contribution in [3.8, 4) is 0 Å². The quantitative estimate of drug-likeness (QED) is 0.795. The number of aliphatic hydroxyl groups is 1. The number of aromatic nitrogens is 4. The number of hydrogen-bond acceptors (Lipinski definition) is 4. The molecule has 0 saturated heterocycles. The molecule has 2 aromatic rings. The highest BCUT2D eigenvalue weighted by molar-refractivity contribution is 5.70. The summed E-state index contributed by atoms with van der Waals surface area (Å²) in [6.07, 6.45) is 3.74. The number of hydrogen-bond donors (Lipinski definition) is 3. The van der Waals surface area contributed by atoms with Gasteiger partial charge in [0.05, 0.1) is 5.60 Å². The normalized spacial score (nSPS) is 28.3. The number of aromatic amines is 2. The van der Waals surface area contributed by atoms with Crippen molar-refractivity contribution in [2.24, 2.45) is 0 Å². The van der Waals surface area contributed by atoms with E-state index in [1.165, 1.54) is 4.57 Å². The van der Waals surface area contributed by atoms with Crippen LogP contribution in [0.5, 0.6) is 0 Å². The number of fused-ring (bicyclic) bond motifs is 1. The highest BCUT2D eigenvalue weighted by atomic mass is 16.3. The second-order valence-corrected chi connectivity index (χ2v) is 7.25. The smallest absolute Gasteiger partial charge is 0.330 e. The molecule has 23 heavy (non-hydrogen) atoms. The van der Waals surface area contributed by atoms with E-state index in [9.17, 15) is 14.7 Å². The van der Waals surface area contributed by atoms with Crippen LogP contribution in [0.3, 0.4) is 0 Å². The lowest BCUT2D eigenvalue weighted by molar-refractivity contribution is 0.00183. The summed E-state index contributed by atoms with van der Waals surface area (Å²) in [5.41, 5.74) is -0.920. The first-order valence-corrected chi connectivity index (χ1v) is 8.21. The first kappa shape index (κ1) is 16.0. The molecule has 0 unspecified atom stereocenters. The van der Waals surface area contributed by atoms with Crippen molar-refractivity contribution in [2.75, 3.05) is 0 Å². The molecule has 1 saturated carbocycles. The maximum atomic E-state index is 12.1. The van der Waals surface area contributed by atoms with Crippen LogP contribution in [0, 0.1) is 0 Å². The van der Waals surface area contributed by atoms with E-state index in [1.54, 1.807) is 0 Å². The Bertz CT molecular complexity index is 833. The summed E-state index contributed by atoms with van der Waals surface area (Å²) in [7, 11) is 0. The topological polar surface area (TPSA) is 104 Å². The third-order valence-corrected chi connectivity index (χ3v) is 5.08. The molecule has 3 rings (SSSR count). The van der Waals surface area contributed by atoms with Crippen molar-refractivity contribution in [3.05, 3.63) is 26.7 Å². The van der Waals surface area contributed by atoms with Crippen LogP contribution < -0.4 is 11.2 Å². The Kier molecular flexibility index (Phi) is 3.71. The van der Waals surface area contributed by atoms with Gasteiger partial charge in [0.2, 0.25) is 0 Å². The fraction of sp³-hybridized carbons (Fsp3) is 0.688. The van der Waals surface area contributed by atoms with Gasteiger partial charge in [0.25, 0.3) is 5.56 Å². The number of H-pyrrole nitrogens is 2. The largest absolute Gasteiger partial charge is 0.390 e. The Labute approximate surface area is 133 Å². The van der Waals surface area contributed by atoms with E-state index in [-0.39, 0.29) is 5.41 Å². The second-order valence-electron chi connectivity index (χ2n) is 7.25. The summed E-state index contributed by atoms with van der Waals surface area (Å²) in [6.45, 7) is 6.44. The summed E-state index contributed by atoms with van der Waals surface area (Å²) in [6, 6.07) is 0. The van der Waals surface area contributed by atoms with E-state index < -0.39 is 16.9 Å². The molecule has 0 atom stereocenters. The Morgan fingerprint density at radius 1 is 1.17 bits per heavy atom. The summed E-state index contributed by atoms with van der Waals surface area (Å²) >= 11 is 0. The van der Waals surface area contributed by atoms with Gasteiger partial charge in [-0.05, 0) is 39.0 Å². The van der Waals surface area contributed by atoms with Crippen molar-refractivity contribution >= 4 is 11.2 Å². The molecular formula is C16H24N4O3. The molecule has 0 aliphatic heterocycles. The van der Waals surface area contributed by atoms with E-state index in [4.69, 9.17) is 0 Å². The van der Waals surface area contributed by atoms with Gasteiger partial charge >= 0.3 is 5.69 Å². The van der Waals surface area contributed by atoms with Crippen molar-refractivity contribution in [2.45, 2.75) is 70.4 Å². The van der Waals surface area contributed by atoms with Gasteiger partial charge in [0.15, 0.2) is 5.65 Å². The van der Waals surface area contributed by atoms with Gasteiger partial charge in [-0.25, -0.2) is 9.78 Å². The minimum Gasteiger partial charge on any atom is -0.390 e. The lowest BCUT2D eigenvalue weighted by Gasteiger charge is -2.39. The number of aryl methyl sites for hydroxylation is 1. The maximum Gasteiger partial charge on any atom is 0.330 e. The van der Waals surface area contributed by atoms with Gasteiger partial charge in [0, 0.05) is 12.0 Å². The number of rotatable bonds is 3. The number of nitrogens with one attached hydrogen (secondary N) is 2. The molecule has 0 bridgehead atoms. The van der Waals surface area contributed by atoms with Gasteiger partial charge in [-0.15, -0.1) is 0 Å². The number of imidazole rings is 1. The monoisotopic (exact) mass is 320 g/mol. The molecule has 1 aliphatic carbocycles. The zero-order valence-corrected chi connectivity index (χ0v) is 13.9. The minimum absolute atomic E-state index is 0.221. The average molecular weight is 320 g/mol. The SMILES string of the molecule is CCCn1c(=O)[nH]c(=O)c2[nH]c(C3(C)CCC(C)(O)CC3)nc21. The molecule has 7 nitrogen and oxygen atoms in total. The molecule has 126 valence electrons. The fourth-order valence-corrected chi connectivity index (χ4v) is 3.34. The molecule has 2 heterocycles. The van der Waals surface area contributed by atoms with Crippen molar-refractivity contribution in [1.82, 2.24) is 19.5 Å². The predicted octanol–water partition coefficient (Wildman–Crippen LogP) is 1.41. The van der Waals surface area contributed by atoms with Crippen molar-refractivity contribution < 1.29 is 5.11 Å². The molecule has 3 N–H and O–H groups in total. The van der Waals surface area contributed by atoms with Crippen LogP contribution in [-0.2, 0) is 12.0 Å². The molecule has 0 spiro atoms. The third kappa shape index (κ3) is 2.73. The maximum absolute atomic E-state index is 12.1. The molecule has 7 heteroatoms. The average Bonchev–Trinajstić information content (AvgIpc) is 2.93. The van der Waals surface area contributed by atoms with Crippen LogP contribution in [0.15, 0.2) is 9.59 Å². The number of nitrogens with zero attached hydrogens (tertiary/aromatic N) is 2. The molecule has 1 aliphatic rings. The fourth-order valence-electron chi connectivity index (χ4n) is 3.34. The van der Waals surface area contributed by atoms with E-state index >= 15 is 0 Å². The van der Waals surface area contributed by atoms with Gasteiger partial charge in [-0.3, -0.25) is 14.3 Å². The lowest BCUT2D eigenvalue weighted by Crippen LogP contribution is -2.38. The van der Waals surface area contributed by atoms with Crippen LogP contribution in [-0.4, -0.2) is 30.2 Å². The van der Waals surface area contributed by atoms with Crippen LogP contribution >= 0.6 is 0 Å². The van der Waals surface area contributed by atoms with Crippen molar-refractivity contribution in [3.63, 3.8) is 0 Å². The first-order valence-electron chi connectivity index (χ1n) is 8.21. The van der Waals surface area contributed by atoms with Crippen molar-refractivity contribution in [1.29, 1.82) is 0 Å². The molecular weight excluding hydrogens is 296 g/mol. The van der Waals surface area contributed by atoms with Crippen LogP contribution in [0.4, 0.5) is 0 Å². The zero-order valence-electron chi connectivity index (χ0n) is 13.9. The summed E-state index contributed by atoms with van der Waals surface area (Å²) in [5, 5.41) is 10.2. The zero-order chi connectivity index (χ0) is 16.8. The summed E-state index contributed by atoms with van der Waals surface area (Å²) in [4.78, 5) is 34.2. The predicted molar refractivity (Wildman–Crippen MR) is 87.7 cm³/mol. The van der Waals surface area contributed by atoms with E-state index in [0.29, 0.717) is 30.6 Å². The summed E-state index contributed by atoms with van der Waals surface area (Å²) in [5.74, 6) is 0.726. The molecule has 0 radical (unpaired) electrons. The Morgan fingerprint density at radius 3 is 2.43 bits per heavy atom. The second kappa shape index (κ2) is 5.33. The standard InChI is InChI=1S/C16H24N4O3/c1-4-9-20-11-10(12(21)19-14(20)22)17-13(18-11)15(2)5-7-16(3,23)8-6-15/h23H,4-9H2,1-3H3,(H,17,18)(H,19,21,22). The van der Waals surface area contributed by atoms with Gasteiger partial charge in [-0.1, -0.05) is 13.8 Å². The molecule has 0 amide bonds. The third-order valence-electron chi connectivity index (χ3n) is 5.08. The van der Waals surface area contributed by atoms with Crippen LogP contribution in [0.2, 0.25) is 0 Å². The Hall–Kier alpha value is -1.89. The van der Waals surface area contributed by atoms with Gasteiger partial charge < -0.3 is 10.1 Å². The highest BCUT2D eigenvalue weighted by Gasteiger charge is 2.39. The highest BCUT2D eigenvalue weighted by Crippen LogP contribution is 2.41. The Balaban J connectivity index is 2.10. The first-order chi connectivity index (χ1) is 10.8. The van der Waals surface area contributed by atoms with E-state index in [2.05, 4.69) is 21.9 Å². The lowest BCUT2D eigenvalue weighted by atomic mass is 9.70. The molecule has 1 fully saturated rings. The van der Waals surface area contributed by atoms with Gasteiger partial charge in [-0.2, -0.15) is 0 Å².